The molecule has 0 saturated heterocycles. The van der Waals surface area contributed by atoms with Crippen LogP contribution >= 0.6 is 39.3 Å². The van der Waals surface area contributed by atoms with Crippen molar-refractivity contribution in [1.29, 1.82) is 0 Å². The van der Waals surface area contributed by atoms with Gasteiger partial charge in [-0.3, -0.25) is 0 Å². The molecule has 1 aromatic carbocycles. The van der Waals surface area contributed by atoms with E-state index in [2.05, 4.69) is 36.3 Å². The van der Waals surface area contributed by atoms with Gasteiger partial charge >= 0.3 is 0 Å². The fourth-order valence-electron chi connectivity index (χ4n) is 2.27. The first kappa shape index (κ1) is 19.0. The van der Waals surface area contributed by atoms with Gasteiger partial charge in [0.1, 0.15) is 12.4 Å². The van der Waals surface area contributed by atoms with Gasteiger partial charge in [-0.05, 0) is 40.2 Å². The van der Waals surface area contributed by atoms with Gasteiger partial charge < -0.3 is 18.1 Å². The van der Waals surface area contributed by atoms with E-state index in [0.29, 0.717) is 49.7 Å². The van der Waals surface area contributed by atoms with Crippen LogP contribution in [0.3, 0.4) is 0 Å². The summed E-state index contributed by atoms with van der Waals surface area (Å²) in [5.41, 5.74) is 0. The molecule has 3 aromatic heterocycles. The first-order chi connectivity index (χ1) is 13.6. The first-order valence-corrected chi connectivity index (χ1v) is 10.2. The van der Waals surface area contributed by atoms with Crippen molar-refractivity contribution in [1.82, 2.24) is 25.0 Å². The lowest BCUT2D eigenvalue weighted by Crippen LogP contribution is -2.04. The molecule has 28 heavy (non-hydrogen) atoms. The van der Waals surface area contributed by atoms with Crippen molar-refractivity contribution < 1.29 is 13.6 Å². The summed E-state index contributed by atoms with van der Waals surface area (Å²) in [5.74, 6) is 3.02. The number of rotatable bonds is 7. The molecule has 144 valence electrons. The summed E-state index contributed by atoms with van der Waals surface area (Å²) < 4.78 is 19.2. The van der Waals surface area contributed by atoms with Crippen LogP contribution in [0, 0.1) is 0 Å². The molecule has 11 heteroatoms. The highest BCUT2D eigenvalue weighted by atomic mass is 79.9. The lowest BCUT2D eigenvalue weighted by atomic mass is 10.3. The topological polar surface area (TPSA) is 92.0 Å². The van der Waals surface area contributed by atoms with E-state index in [1.54, 1.807) is 24.3 Å². The molecule has 0 unspecified atom stereocenters. The summed E-state index contributed by atoms with van der Waals surface area (Å²) in [6, 6.07) is 10.8. The molecule has 0 aliphatic carbocycles. The molecule has 0 spiro atoms. The summed E-state index contributed by atoms with van der Waals surface area (Å²) in [4.78, 5) is 0. The van der Waals surface area contributed by atoms with Crippen LogP contribution in [0.2, 0.25) is 5.02 Å². The summed E-state index contributed by atoms with van der Waals surface area (Å²) in [6.07, 6.45) is 0. The molecule has 3 heterocycles. The van der Waals surface area contributed by atoms with Crippen LogP contribution in [-0.4, -0.2) is 25.0 Å². The molecular weight excluding hydrogens is 470 g/mol. The van der Waals surface area contributed by atoms with Gasteiger partial charge in [-0.1, -0.05) is 35.5 Å². The molecule has 0 amide bonds. The Morgan fingerprint density at radius 2 is 1.96 bits per heavy atom. The van der Waals surface area contributed by atoms with E-state index < -0.39 is 0 Å². The average Bonchev–Trinajstić information content (AvgIpc) is 3.40. The SMILES string of the molecule is Cn1c(COc2ccccc2Cl)nnc1SCc1nnc(-c2ccc(Br)o2)o1. The molecular formula is C17H13BrClN5O3S. The number of aromatic nitrogens is 5. The second-order valence-electron chi connectivity index (χ2n) is 5.57. The number of nitrogens with zero attached hydrogens (tertiary/aromatic N) is 5. The second-order valence-corrected chi connectivity index (χ2v) is 7.70. The van der Waals surface area contributed by atoms with Crippen LogP contribution in [-0.2, 0) is 19.4 Å². The zero-order chi connectivity index (χ0) is 19.5. The van der Waals surface area contributed by atoms with Gasteiger partial charge in [0.2, 0.25) is 5.89 Å². The second kappa shape index (κ2) is 8.38. The minimum absolute atomic E-state index is 0.256. The predicted octanol–water partition coefficient (Wildman–Crippen LogP) is 4.75. The minimum atomic E-state index is 0.256. The molecule has 0 aliphatic rings. The van der Waals surface area contributed by atoms with E-state index in [9.17, 15) is 0 Å². The third kappa shape index (κ3) is 4.23. The molecule has 0 saturated carbocycles. The van der Waals surface area contributed by atoms with E-state index in [-0.39, 0.29) is 6.61 Å². The normalized spacial score (nSPS) is 11.1. The first-order valence-electron chi connectivity index (χ1n) is 8.06. The van der Waals surface area contributed by atoms with Crippen molar-refractivity contribution in [2.45, 2.75) is 17.5 Å². The van der Waals surface area contributed by atoms with E-state index in [1.807, 2.05) is 23.7 Å². The Bertz CT molecular complexity index is 1100. The molecule has 8 nitrogen and oxygen atoms in total. The number of hydrogen-bond donors (Lipinski definition) is 0. The number of ether oxygens (including phenoxy) is 1. The summed E-state index contributed by atoms with van der Waals surface area (Å²) in [6.45, 7) is 0.256. The lowest BCUT2D eigenvalue weighted by Gasteiger charge is -2.07. The highest BCUT2D eigenvalue weighted by Crippen LogP contribution is 2.27. The van der Waals surface area contributed by atoms with Gasteiger partial charge in [-0.2, -0.15) is 0 Å². The molecule has 0 atom stereocenters. The maximum absolute atomic E-state index is 6.10. The van der Waals surface area contributed by atoms with Gasteiger partial charge in [0.15, 0.2) is 21.4 Å². The Morgan fingerprint density at radius 3 is 2.75 bits per heavy atom. The maximum atomic E-state index is 6.10. The van der Waals surface area contributed by atoms with Crippen LogP contribution in [0.5, 0.6) is 5.75 Å². The van der Waals surface area contributed by atoms with Gasteiger partial charge in [0.05, 0.1) is 10.8 Å². The van der Waals surface area contributed by atoms with Crippen molar-refractivity contribution in [2.75, 3.05) is 0 Å². The molecule has 4 rings (SSSR count). The largest absolute Gasteiger partial charge is 0.484 e. The van der Waals surface area contributed by atoms with Crippen molar-refractivity contribution in [3.63, 3.8) is 0 Å². The Morgan fingerprint density at radius 1 is 1.11 bits per heavy atom. The van der Waals surface area contributed by atoms with E-state index >= 15 is 0 Å². The van der Waals surface area contributed by atoms with Gasteiger partial charge in [0, 0.05) is 7.05 Å². The third-order valence-corrected chi connectivity index (χ3v) is 5.44. The van der Waals surface area contributed by atoms with Crippen LogP contribution < -0.4 is 4.74 Å². The summed E-state index contributed by atoms with van der Waals surface area (Å²) in [7, 11) is 1.87. The van der Waals surface area contributed by atoms with Crippen molar-refractivity contribution >= 4 is 39.3 Å². The number of benzene rings is 1. The number of hydrogen-bond acceptors (Lipinski definition) is 8. The molecule has 0 bridgehead atoms. The number of para-hydroxylation sites is 1. The third-order valence-electron chi connectivity index (χ3n) is 3.69. The molecule has 0 aliphatic heterocycles. The monoisotopic (exact) mass is 481 g/mol. The Balaban J connectivity index is 1.37. The Kier molecular flexibility index (Phi) is 5.69. The van der Waals surface area contributed by atoms with Crippen LogP contribution in [0.15, 0.2) is 55.1 Å². The standard InChI is InChI=1S/C17H13BrClN5O3S/c1-24-14(8-25-11-5-3-2-4-10(11)19)20-23-17(24)28-9-15-21-22-16(27-15)12-6-7-13(18)26-12/h2-7H,8-9H2,1H3. The molecule has 4 aromatic rings. The van der Waals surface area contributed by atoms with E-state index in [0.717, 1.165) is 0 Å². The van der Waals surface area contributed by atoms with Crippen LogP contribution in [0.4, 0.5) is 0 Å². The molecule has 0 radical (unpaired) electrons. The van der Waals surface area contributed by atoms with Gasteiger partial charge in [0.25, 0.3) is 5.89 Å². The fourth-order valence-corrected chi connectivity index (χ4v) is 3.53. The lowest BCUT2D eigenvalue weighted by molar-refractivity contribution is 0.290. The van der Waals surface area contributed by atoms with Crippen molar-refractivity contribution in [3.05, 3.63) is 57.8 Å². The molecule has 0 fully saturated rings. The average molecular weight is 483 g/mol. The van der Waals surface area contributed by atoms with E-state index in [4.69, 9.17) is 25.2 Å². The minimum Gasteiger partial charge on any atom is -0.484 e. The van der Waals surface area contributed by atoms with Crippen molar-refractivity contribution in [2.24, 2.45) is 7.05 Å². The number of furan rings is 1. The van der Waals surface area contributed by atoms with Gasteiger partial charge in [-0.25, -0.2) is 0 Å². The van der Waals surface area contributed by atoms with Crippen molar-refractivity contribution in [3.8, 4) is 17.4 Å². The Hall–Kier alpha value is -2.30. The number of thioether (sulfide) groups is 1. The predicted molar refractivity (Wildman–Crippen MR) is 106 cm³/mol. The number of halogens is 2. The maximum Gasteiger partial charge on any atom is 0.283 e. The zero-order valence-corrected chi connectivity index (χ0v) is 17.7. The van der Waals surface area contributed by atoms with Gasteiger partial charge in [-0.15, -0.1) is 20.4 Å². The van der Waals surface area contributed by atoms with Crippen LogP contribution in [0.1, 0.15) is 11.7 Å². The summed E-state index contributed by atoms with van der Waals surface area (Å²) in [5, 5.41) is 17.6. The fraction of sp³-hybridized carbons (Fsp3) is 0.176. The van der Waals surface area contributed by atoms with Crippen LogP contribution in [0.25, 0.3) is 11.7 Å². The smallest absolute Gasteiger partial charge is 0.283 e. The quantitative estimate of drug-likeness (QED) is 0.349. The summed E-state index contributed by atoms with van der Waals surface area (Å²) >= 11 is 10.8. The molecule has 0 N–H and O–H groups in total. The highest BCUT2D eigenvalue weighted by molar-refractivity contribution is 9.10. The highest BCUT2D eigenvalue weighted by Gasteiger charge is 2.15. The zero-order valence-electron chi connectivity index (χ0n) is 14.5. The Labute approximate surface area is 177 Å². The van der Waals surface area contributed by atoms with E-state index in [1.165, 1.54) is 11.8 Å².